The molecule has 2 N–H and O–H groups in total. The van der Waals surface area contributed by atoms with Gasteiger partial charge in [-0.15, -0.1) is 0 Å². The SMILES string of the molecule is C/C=C/C1=CC2=CC3=C(C(=O)CCCCC)C(=O)O[C@@]3(C)C(=O)C2=CN1[C@H](CC(=O)O)C(=O)O. The Morgan fingerprint density at radius 3 is 2.47 bits per heavy atom. The van der Waals surface area contributed by atoms with Crippen LogP contribution in [0, 0.1) is 0 Å². The number of allylic oxidation sites excluding steroid dienone is 4. The van der Waals surface area contributed by atoms with Crippen molar-refractivity contribution >= 4 is 29.5 Å². The number of hydrogen-bond donors (Lipinski definition) is 2. The lowest BCUT2D eigenvalue weighted by Crippen LogP contribution is -2.45. The van der Waals surface area contributed by atoms with Crippen molar-refractivity contribution < 1.29 is 38.9 Å². The highest BCUT2D eigenvalue weighted by Crippen LogP contribution is 2.45. The predicted octanol–water partition coefficient (Wildman–Crippen LogP) is 2.84. The van der Waals surface area contributed by atoms with Gasteiger partial charge in [-0.1, -0.05) is 25.8 Å². The van der Waals surface area contributed by atoms with E-state index < -0.39 is 41.8 Å². The number of Topliss-reactive ketones (excluding diaryl/α,β-unsaturated/α-hetero) is 2. The molecule has 3 rings (SSSR count). The molecule has 0 saturated heterocycles. The van der Waals surface area contributed by atoms with Crippen LogP contribution in [0.4, 0.5) is 0 Å². The summed E-state index contributed by atoms with van der Waals surface area (Å²) in [6.07, 6.45) is 9.44. The van der Waals surface area contributed by atoms with Crippen LogP contribution in [0.1, 0.15) is 52.9 Å². The first-order valence-corrected chi connectivity index (χ1v) is 11.1. The maximum absolute atomic E-state index is 13.5. The molecule has 0 amide bonds. The van der Waals surface area contributed by atoms with Crippen LogP contribution in [0.2, 0.25) is 0 Å². The predicted molar refractivity (Wildman–Crippen MR) is 120 cm³/mol. The van der Waals surface area contributed by atoms with Gasteiger partial charge in [0.1, 0.15) is 11.6 Å². The van der Waals surface area contributed by atoms with Crippen LogP contribution in [-0.4, -0.2) is 56.2 Å². The number of carboxylic acids is 2. The zero-order chi connectivity index (χ0) is 25.2. The number of ether oxygens (including phenoxy) is 1. The highest BCUT2D eigenvalue weighted by atomic mass is 16.6. The van der Waals surface area contributed by atoms with Crippen LogP contribution in [-0.2, 0) is 28.7 Å². The molecule has 0 aromatic heterocycles. The van der Waals surface area contributed by atoms with E-state index in [1.54, 1.807) is 31.2 Å². The van der Waals surface area contributed by atoms with Crippen molar-refractivity contribution in [3.05, 3.63) is 58.5 Å². The maximum Gasteiger partial charge on any atom is 0.343 e. The number of fused-ring (bicyclic) bond motifs is 2. The molecule has 0 aromatic rings. The molecule has 0 spiro atoms. The summed E-state index contributed by atoms with van der Waals surface area (Å²) in [4.78, 5) is 63.3. The third-order valence-corrected chi connectivity index (χ3v) is 6.06. The molecule has 9 heteroatoms. The minimum Gasteiger partial charge on any atom is -0.481 e. The summed E-state index contributed by atoms with van der Waals surface area (Å²) >= 11 is 0. The summed E-state index contributed by atoms with van der Waals surface area (Å²) in [5, 5.41) is 18.8. The number of aliphatic carboxylic acids is 2. The van der Waals surface area contributed by atoms with Crippen LogP contribution in [0.5, 0.6) is 0 Å². The number of esters is 1. The molecule has 0 unspecified atom stereocenters. The second-order valence-electron chi connectivity index (χ2n) is 8.49. The van der Waals surface area contributed by atoms with E-state index in [0.717, 1.165) is 12.8 Å². The van der Waals surface area contributed by atoms with Crippen LogP contribution < -0.4 is 0 Å². The van der Waals surface area contributed by atoms with Crippen molar-refractivity contribution in [1.82, 2.24) is 4.90 Å². The fourth-order valence-corrected chi connectivity index (χ4v) is 4.31. The molecule has 1 aliphatic carbocycles. The summed E-state index contributed by atoms with van der Waals surface area (Å²) in [6.45, 7) is 5.12. The van der Waals surface area contributed by atoms with Gasteiger partial charge in [-0.05, 0) is 44.1 Å². The van der Waals surface area contributed by atoms with Crippen molar-refractivity contribution in [2.75, 3.05) is 0 Å². The van der Waals surface area contributed by atoms with E-state index in [4.69, 9.17) is 4.74 Å². The molecule has 0 radical (unpaired) electrons. The summed E-state index contributed by atoms with van der Waals surface area (Å²) in [5.41, 5.74) is -0.839. The monoisotopic (exact) mass is 469 g/mol. The highest BCUT2D eigenvalue weighted by molar-refractivity contribution is 6.25. The fourth-order valence-electron chi connectivity index (χ4n) is 4.31. The maximum atomic E-state index is 13.5. The third-order valence-electron chi connectivity index (χ3n) is 6.06. The smallest absolute Gasteiger partial charge is 0.343 e. The molecule has 2 heterocycles. The Kier molecular flexibility index (Phi) is 7.04. The molecule has 2 atom stereocenters. The Bertz CT molecular complexity index is 1120. The first-order chi connectivity index (χ1) is 16.0. The van der Waals surface area contributed by atoms with Gasteiger partial charge in [-0.25, -0.2) is 9.59 Å². The lowest BCUT2D eigenvalue weighted by molar-refractivity contribution is -0.153. The first kappa shape index (κ1) is 24.9. The molecule has 0 saturated carbocycles. The molecule has 9 nitrogen and oxygen atoms in total. The van der Waals surface area contributed by atoms with Gasteiger partial charge in [0.15, 0.2) is 11.4 Å². The van der Waals surface area contributed by atoms with Gasteiger partial charge in [0.05, 0.1) is 6.42 Å². The van der Waals surface area contributed by atoms with E-state index in [0.29, 0.717) is 17.7 Å². The van der Waals surface area contributed by atoms with Crippen molar-refractivity contribution in [2.45, 2.75) is 64.5 Å². The lowest BCUT2D eigenvalue weighted by atomic mass is 9.76. The molecule has 34 heavy (non-hydrogen) atoms. The van der Waals surface area contributed by atoms with Gasteiger partial charge >= 0.3 is 17.9 Å². The molecule has 0 bridgehead atoms. The standard InChI is InChI=1S/C25H27NO8/c1-4-6-7-9-19(27)21-17-11-14-10-15(8-5-2)26(18(23(31)32)12-20(28)29)13-16(14)22(30)25(17,3)34-24(21)33/h5,8,10-11,13,18H,4,6-7,9,12H2,1-3H3,(H,28,29)(H,31,32)/b8-5+/t18-,25-/m1/s1. The zero-order valence-corrected chi connectivity index (χ0v) is 19.3. The molecular formula is C25H27NO8. The van der Waals surface area contributed by atoms with Crippen molar-refractivity contribution in [1.29, 1.82) is 0 Å². The van der Waals surface area contributed by atoms with E-state index >= 15 is 0 Å². The Morgan fingerprint density at radius 2 is 1.88 bits per heavy atom. The Labute approximate surface area is 196 Å². The van der Waals surface area contributed by atoms with E-state index in [-0.39, 0.29) is 28.9 Å². The number of carbonyl (C=O) groups excluding carboxylic acids is 3. The quantitative estimate of drug-likeness (QED) is 0.281. The van der Waals surface area contributed by atoms with Crippen LogP contribution in [0.25, 0.3) is 0 Å². The summed E-state index contributed by atoms with van der Waals surface area (Å²) in [6, 6.07) is -1.46. The van der Waals surface area contributed by atoms with E-state index in [9.17, 15) is 34.2 Å². The van der Waals surface area contributed by atoms with Gasteiger partial charge < -0.3 is 19.8 Å². The topological polar surface area (TPSA) is 138 Å². The van der Waals surface area contributed by atoms with E-state index in [1.807, 2.05) is 6.92 Å². The molecule has 2 aliphatic heterocycles. The molecular weight excluding hydrogens is 442 g/mol. The van der Waals surface area contributed by atoms with Gasteiger partial charge in [0.25, 0.3) is 0 Å². The van der Waals surface area contributed by atoms with Gasteiger partial charge in [-0.2, -0.15) is 0 Å². The molecule has 0 aromatic carbocycles. The average Bonchev–Trinajstić information content (AvgIpc) is 3.02. The Balaban J connectivity index is 2.13. The average molecular weight is 469 g/mol. The minimum atomic E-state index is -1.72. The summed E-state index contributed by atoms with van der Waals surface area (Å²) in [5.74, 6) is -4.52. The minimum absolute atomic E-state index is 0.0728. The number of carboxylic acid groups (broad SMARTS) is 2. The Hall–Kier alpha value is -3.75. The Morgan fingerprint density at radius 1 is 1.18 bits per heavy atom. The van der Waals surface area contributed by atoms with Crippen molar-refractivity contribution in [3.63, 3.8) is 0 Å². The normalized spacial score (nSPS) is 22.6. The second-order valence-corrected chi connectivity index (χ2v) is 8.49. The molecule has 180 valence electrons. The highest BCUT2D eigenvalue weighted by Gasteiger charge is 2.54. The number of hydrogen-bond acceptors (Lipinski definition) is 7. The van der Waals surface area contributed by atoms with Crippen LogP contribution in [0.15, 0.2) is 58.5 Å². The van der Waals surface area contributed by atoms with Crippen molar-refractivity contribution in [2.24, 2.45) is 0 Å². The number of ketones is 2. The number of nitrogens with zero attached hydrogens (tertiary/aromatic N) is 1. The first-order valence-electron chi connectivity index (χ1n) is 11.1. The van der Waals surface area contributed by atoms with Crippen LogP contribution in [0.3, 0.4) is 0 Å². The summed E-state index contributed by atoms with van der Waals surface area (Å²) < 4.78 is 5.40. The van der Waals surface area contributed by atoms with E-state index in [1.165, 1.54) is 18.0 Å². The number of unbranched alkanes of at least 4 members (excludes halogenated alkanes) is 2. The van der Waals surface area contributed by atoms with Crippen molar-refractivity contribution in [3.8, 4) is 0 Å². The molecule has 3 aliphatic rings. The van der Waals surface area contributed by atoms with Gasteiger partial charge in [0.2, 0.25) is 5.78 Å². The number of rotatable bonds is 10. The van der Waals surface area contributed by atoms with Gasteiger partial charge in [-0.3, -0.25) is 14.4 Å². The summed E-state index contributed by atoms with van der Waals surface area (Å²) in [7, 11) is 0. The van der Waals surface area contributed by atoms with Crippen LogP contribution >= 0.6 is 0 Å². The fraction of sp³-hybridized carbons (Fsp3) is 0.400. The van der Waals surface area contributed by atoms with E-state index in [2.05, 4.69) is 0 Å². The van der Waals surface area contributed by atoms with Gasteiger partial charge in [0, 0.05) is 29.5 Å². The lowest BCUT2D eigenvalue weighted by Gasteiger charge is -2.36. The zero-order valence-electron chi connectivity index (χ0n) is 19.3. The largest absolute Gasteiger partial charge is 0.481 e. The second kappa shape index (κ2) is 9.62. The molecule has 0 fully saturated rings. The number of carbonyl (C=O) groups is 5. The third kappa shape index (κ3) is 4.37.